The highest BCUT2D eigenvalue weighted by atomic mass is 35.5. The molecule has 6 aliphatic heterocycles. The van der Waals surface area contributed by atoms with E-state index < -0.39 is 128 Å². The molecule has 9 N–H and O–H groups in total. The van der Waals surface area contributed by atoms with Crippen LogP contribution in [-0.2, 0) is 83.6 Å². The van der Waals surface area contributed by atoms with E-state index >= 15 is 0 Å². The Morgan fingerprint density at radius 1 is 0.465 bits per heavy atom. The second-order valence-corrected chi connectivity index (χ2v) is 40.5. The quantitative estimate of drug-likeness (QED) is 0.0142. The Hall–Kier alpha value is -6.06. The van der Waals surface area contributed by atoms with Crippen LogP contribution in [0.1, 0.15) is 164 Å². The summed E-state index contributed by atoms with van der Waals surface area (Å²) >= 11 is 21.2. The summed E-state index contributed by atoms with van der Waals surface area (Å²) < 4.78 is 133. The van der Waals surface area contributed by atoms with Gasteiger partial charge < -0.3 is 59.8 Å². The lowest BCUT2D eigenvalue weighted by Gasteiger charge is -2.39. The van der Waals surface area contributed by atoms with E-state index in [0.717, 1.165) is 0 Å². The summed E-state index contributed by atoms with van der Waals surface area (Å²) in [4.78, 5) is 71.0. The molecule has 12 rings (SSSR count). The van der Waals surface area contributed by atoms with Crippen molar-refractivity contribution in [1.29, 1.82) is 0 Å². The largest absolute Gasteiger partial charge is 0.476 e. The van der Waals surface area contributed by atoms with Gasteiger partial charge in [0.05, 0.1) is 94.5 Å². The first-order valence-corrected chi connectivity index (χ1v) is 43.3. The van der Waals surface area contributed by atoms with Crippen LogP contribution in [-0.4, -0.2) is 205 Å². The van der Waals surface area contributed by atoms with Gasteiger partial charge in [0.15, 0.2) is 52.2 Å². The molecule has 0 aliphatic carbocycles. The number of imidazole rings is 3. The zero-order chi connectivity index (χ0) is 84.1. The second kappa shape index (κ2) is 34.7. The van der Waals surface area contributed by atoms with Crippen LogP contribution in [0.3, 0.4) is 0 Å². The van der Waals surface area contributed by atoms with Gasteiger partial charge in [0, 0.05) is 0 Å². The summed E-state index contributed by atoms with van der Waals surface area (Å²) in [6.45, 7) is 39.5. The lowest BCUT2D eigenvalue weighted by molar-refractivity contribution is -0.149. The maximum absolute atomic E-state index is 13.8. The minimum Gasteiger partial charge on any atom is -0.476 e. The summed E-state index contributed by atoms with van der Waals surface area (Å²) in [5.74, 6) is -1.15. The molecule has 18 atom stereocenters. The van der Waals surface area contributed by atoms with Gasteiger partial charge in [-0.3, -0.25) is 55.2 Å². The molecule has 12 heterocycles. The maximum Gasteiger partial charge on any atom is 0.406 e. The van der Waals surface area contributed by atoms with Crippen LogP contribution in [0.5, 0.6) is 17.6 Å². The van der Waals surface area contributed by atoms with E-state index in [1.165, 1.54) is 19.0 Å². The fraction of sp³-hybridized carbons (Fsp3) is 0.739. The first-order valence-electron chi connectivity index (χ1n) is 37.5. The number of alkyl halides is 3. The minimum atomic E-state index is -3.87. The number of rotatable bonds is 24. The predicted molar refractivity (Wildman–Crippen MR) is 419 cm³/mol. The molecule has 0 amide bonds. The van der Waals surface area contributed by atoms with Crippen molar-refractivity contribution in [3.05, 3.63) is 19.0 Å². The van der Waals surface area contributed by atoms with Crippen molar-refractivity contribution in [3.63, 3.8) is 0 Å². The van der Waals surface area contributed by atoms with Gasteiger partial charge in [0.25, 0.3) is 0 Å². The van der Waals surface area contributed by atoms with E-state index in [9.17, 15) is 28.1 Å². The smallest absolute Gasteiger partial charge is 0.406 e. The number of ether oxygens (including phenoxy) is 9. The first-order chi connectivity index (χ1) is 53.0. The zero-order valence-electron chi connectivity index (χ0n) is 67.9. The van der Waals surface area contributed by atoms with Gasteiger partial charge in [0.2, 0.25) is 35.5 Å². The van der Waals surface area contributed by atoms with E-state index in [1.807, 2.05) is 83.1 Å². The SMILES string of the molecule is CCOc1nc(N)nc2c1ncn2[C@@H]1O[C@@H]2COP(=O)(N[C@@H](COC(=O)C(C)C)C(C)(C)C)O[C@H]2[C@@]1(C)Cl.CCOc1nc(N)nc2c1ncn2[C@@H]1O[C@@H]2COP(=O)(N[C@H](COC(=O)C(C)C)C(C)(C)C)O[C@H]2[C@@]1(C)Cl.CCOc1nc(N)nc2c1ncn2[C@@H]1O[C@@H]2CO[P@](=O)(N[C@@H](COC(=O)C(C)C)C(C)(C)C)O[C@H]2[C@@]1(C)Cl. The van der Waals surface area contributed by atoms with Gasteiger partial charge in [-0.1, -0.05) is 104 Å². The second-order valence-electron chi connectivity index (χ2n) is 32.9. The van der Waals surface area contributed by atoms with E-state index in [4.69, 9.17) is 122 Å². The number of nitrogens with two attached hydrogens (primary N) is 3. The normalized spacial score (nSPS) is 30.4. The average molecular weight is 1730 g/mol. The maximum atomic E-state index is 13.8. The molecular weight excluding hydrogens is 1620 g/mol. The van der Waals surface area contributed by atoms with Gasteiger partial charge in [0.1, 0.15) is 71.1 Å². The van der Waals surface area contributed by atoms with Crippen molar-refractivity contribution >= 4 is 127 Å². The van der Waals surface area contributed by atoms with Crippen LogP contribution < -0.4 is 46.7 Å². The molecule has 0 saturated carbocycles. The number of nitrogens with zero attached hydrogens (tertiary/aromatic N) is 12. The number of halogens is 3. The number of carbonyl (C=O) groups is 3. The molecule has 39 nitrogen and oxygen atoms in total. The van der Waals surface area contributed by atoms with E-state index in [2.05, 4.69) is 60.1 Å². The summed E-state index contributed by atoms with van der Waals surface area (Å²) in [7, 11) is -11.6. The highest BCUT2D eigenvalue weighted by molar-refractivity contribution is 7.52. The van der Waals surface area contributed by atoms with Crippen LogP contribution in [0.4, 0.5) is 17.8 Å². The van der Waals surface area contributed by atoms with Crippen molar-refractivity contribution in [3.8, 4) is 17.6 Å². The first kappa shape index (κ1) is 90.3. The molecule has 0 radical (unpaired) electrons. The van der Waals surface area contributed by atoms with Gasteiger partial charge in [-0.15, -0.1) is 34.8 Å². The van der Waals surface area contributed by atoms with Gasteiger partial charge in [-0.25, -0.2) is 43.9 Å². The standard InChI is InChI=1S/3C23H36ClN6O7P/c3*1-8-33-18-15-17(27-21(25)28-18)30(11-26-15)20-23(7,24)16-13(36-20)9-35-38(32,37-16)29-14(22(4,5)6)10-34-19(31)12(2)3/h3*11-14,16,20H,8-10H2,1-7H3,(H,29,32)(H2,25,27,28)/t13-,14+,16-,20-,23-,38?;13-,14+,16-,20-,23-,38-;13-,14-,16-,20-,23-,38?/m111/s1. The third kappa shape index (κ3) is 19.8. The van der Waals surface area contributed by atoms with Gasteiger partial charge in [-0.05, 0) is 57.8 Å². The van der Waals surface area contributed by atoms with Crippen LogP contribution in [0, 0.1) is 34.0 Å². The number of anilines is 3. The molecule has 6 fully saturated rings. The van der Waals surface area contributed by atoms with Gasteiger partial charge in [-0.2, -0.15) is 29.9 Å². The summed E-state index contributed by atoms with van der Waals surface area (Å²) in [6.07, 6.45) is -2.21. The van der Waals surface area contributed by atoms with Crippen LogP contribution >= 0.6 is 58.0 Å². The minimum absolute atomic E-state index is 0.00704. The molecule has 45 heteroatoms. The monoisotopic (exact) mass is 1720 g/mol. The Kier molecular flexibility index (Phi) is 27.5. The Bertz CT molecular complexity index is 4150. The average Bonchev–Trinajstić information content (AvgIpc) is 1.59. The molecule has 2 unspecified atom stereocenters. The van der Waals surface area contributed by atoms with Crippen molar-refractivity contribution in [2.45, 2.75) is 233 Å². The number of nitrogens with one attached hydrogen (secondary N) is 3. The fourth-order valence-electron chi connectivity index (χ4n) is 12.7. The highest BCUT2D eigenvalue weighted by Crippen LogP contribution is 2.62. The van der Waals surface area contributed by atoms with Crippen LogP contribution in [0.25, 0.3) is 33.5 Å². The molecule has 636 valence electrons. The fourth-order valence-corrected chi connectivity index (χ4v) is 20.1. The molecular formula is C69H108Cl3N18O21P3. The van der Waals surface area contributed by atoms with Crippen molar-refractivity contribution in [1.82, 2.24) is 73.8 Å². The number of aromatic nitrogens is 12. The zero-order valence-corrected chi connectivity index (χ0v) is 72.9. The summed E-state index contributed by atoms with van der Waals surface area (Å²) in [5, 5.41) is 8.92. The van der Waals surface area contributed by atoms with E-state index in [1.54, 1.807) is 76.0 Å². The summed E-state index contributed by atoms with van der Waals surface area (Å²) in [5.41, 5.74) is 18.7. The Balaban J connectivity index is 0.000000181. The molecule has 6 aromatic rings. The molecule has 6 aromatic heterocycles. The van der Waals surface area contributed by atoms with Gasteiger partial charge >= 0.3 is 41.1 Å². The lowest BCUT2D eigenvalue weighted by Crippen LogP contribution is -2.49. The van der Waals surface area contributed by atoms with E-state index in [-0.39, 0.29) is 111 Å². The third-order valence-electron chi connectivity index (χ3n) is 19.5. The number of esters is 3. The molecule has 6 aliphatic rings. The molecule has 0 bridgehead atoms. The van der Waals surface area contributed by atoms with Crippen LogP contribution in [0.15, 0.2) is 19.0 Å². The van der Waals surface area contributed by atoms with E-state index in [0.29, 0.717) is 53.3 Å². The molecule has 114 heavy (non-hydrogen) atoms. The molecule has 6 saturated heterocycles. The van der Waals surface area contributed by atoms with Crippen molar-refractivity contribution in [2.75, 3.05) is 76.7 Å². The Morgan fingerprint density at radius 3 is 0.912 bits per heavy atom. The highest BCUT2D eigenvalue weighted by Gasteiger charge is 2.64. The molecule has 0 aromatic carbocycles. The number of hydrogen-bond acceptors (Lipinski definition) is 33. The Morgan fingerprint density at radius 2 is 0.702 bits per heavy atom. The topological polar surface area (TPSA) is 486 Å². The van der Waals surface area contributed by atoms with Crippen molar-refractivity contribution in [2.24, 2.45) is 34.0 Å². The molecule has 0 spiro atoms. The third-order valence-corrected chi connectivity index (χ3v) is 25.6. The number of carbonyl (C=O) groups excluding carboxylic acids is 3. The van der Waals surface area contributed by atoms with Crippen LogP contribution in [0.2, 0.25) is 0 Å². The summed E-state index contributed by atoms with van der Waals surface area (Å²) in [6, 6.07) is -1.58. The number of fused-ring (bicyclic) bond motifs is 6. The Labute approximate surface area is 676 Å². The lowest BCUT2D eigenvalue weighted by atomic mass is 9.88. The predicted octanol–water partition coefficient (Wildman–Crippen LogP) is 10.3. The number of hydrogen-bond donors (Lipinski definition) is 6. The number of nitrogen functional groups attached to an aromatic ring is 3. The van der Waals surface area contributed by atoms with Crippen molar-refractivity contribution < 1.29 is 97.9 Å².